The number of carbonyl (C=O) groups is 1. The van der Waals surface area contributed by atoms with Crippen molar-refractivity contribution >= 4 is 17.6 Å². The number of benzene rings is 1. The fraction of sp³-hybridized carbons (Fsp3) is 0.682. The van der Waals surface area contributed by atoms with Gasteiger partial charge in [-0.25, -0.2) is 9.18 Å². The first kappa shape index (κ1) is 20.9. The molecule has 0 radical (unpaired) electrons. The summed E-state index contributed by atoms with van der Waals surface area (Å²) in [5.41, 5.74) is -0.172. The smallest absolute Gasteiger partial charge is 0.341 e. The average molecular weight is 427 g/mol. The molecule has 3 fully saturated rings. The van der Waals surface area contributed by atoms with Crippen molar-refractivity contribution in [3.05, 3.63) is 28.5 Å². The Bertz CT molecular complexity index is 760. The first-order chi connectivity index (χ1) is 13.9. The van der Waals surface area contributed by atoms with Gasteiger partial charge in [0.05, 0.1) is 37.0 Å². The van der Waals surface area contributed by atoms with Crippen LogP contribution in [0.5, 0.6) is 5.75 Å². The molecule has 2 aliphatic carbocycles. The fourth-order valence-corrected chi connectivity index (χ4v) is 5.12. The molecule has 4 rings (SSSR count). The fourth-order valence-electron chi connectivity index (χ4n) is 4.90. The number of fused-ring (bicyclic) bond motifs is 3. The third-order valence-corrected chi connectivity index (χ3v) is 6.68. The zero-order valence-electron chi connectivity index (χ0n) is 16.9. The van der Waals surface area contributed by atoms with Crippen LogP contribution in [0.3, 0.4) is 0 Å². The van der Waals surface area contributed by atoms with Gasteiger partial charge in [-0.3, -0.25) is 0 Å². The Morgan fingerprint density at radius 1 is 1.34 bits per heavy atom. The monoisotopic (exact) mass is 426 g/mol. The minimum Gasteiger partial charge on any atom is -0.492 e. The van der Waals surface area contributed by atoms with Crippen molar-refractivity contribution in [3.63, 3.8) is 0 Å². The van der Waals surface area contributed by atoms with Gasteiger partial charge in [0.25, 0.3) is 0 Å². The van der Waals surface area contributed by atoms with Crippen LogP contribution >= 0.6 is 11.6 Å². The second-order valence-corrected chi connectivity index (χ2v) is 9.11. The van der Waals surface area contributed by atoms with Gasteiger partial charge in [-0.05, 0) is 43.1 Å². The number of carbonyl (C=O) groups excluding carboxylic acids is 1. The molecule has 1 aromatic carbocycles. The molecule has 2 bridgehead atoms. The maximum Gasteiger partial charge on any atom is 0.341 e. The predicted molar refractivity (Wildman–Crippen MR) is 106 cm³/mol. The number of hydrogen-bond donors (Lipinski definition) is 0. The zero-order valence-corrected chi connectivity index (χ0v) is 17.7. The van der Waals surface area contributed by atoms with Gasteiger partial charge in [-0.15, -0.1) is 0 Å². The predicted octanol–water partition coefficient (Wildman–Crippen LogP) is 4.85. The van der Waals surface area contributed by atoms with Crippen molar-refractivity contribution in [2.75, 3.05) is 26.4 Å². The van der Waals surface area contributed by atoms with E-state index in [1.165, 1.54) is 12.1 Å². The molecule has 1 heterocycles. The molecule has 0 aromatic heterocycles. The zero-order chi connectivity index (χ0) is 20.6. The number of hydrogen-bond acceptors (Lipinski definition) is 5. The van der Waals surface area contributed by atoms with Crippen molar-refractivity contribution < 1.29 is 28.1 Å². The summed E-state index contributed by atoms with van der Waals surface area (Å²) in [5.74, 6) is 0.226. The molecule has 1 aliphatic heterocycles. The van der Waals surface area contributed by atoms with Crippen LogP contribution in [0.2, 0.25) is 5.02 Å². The van der Waals surface area contributed by atoms with Gasteiger partial charge < -0.3 is 18.9 Å². The first-order valence-corrected chi connectivity index (χ1v) is 10.8. The van der Waals surface area contributed by atoms with Crippen LogP contribution in [-0.2, 0) is 14.2 Å². The van der Waals surface area contributed by atoms with E-state index in [0.29, 0.717) is 37.6 Å². The van der Waals surface area contributed by atoms with Crippen LogP contribution in [-0.4, -0.2) is 38.2 Å². The van der Waals surface area contributed by atoms with E-state index in [2.05, 4.69) is 0 Å². The van der Waals surface area contributed by atoms with E-state index in [-0.39, 0.29) is 34.6 Å². The Morgan fingerprint density at radius 2 is 2.10 bits per heavy atom. The molecule has 0 amide bonds. The Morgan fingerprint density at radius 3 is 2.79 bits per heavy atom. The summed E-state index contributed by atoms with van der Waals surface area (Å²) in [6.45, 7) is 5.83. The van der Waals surface area contributed by atoms with Crippen LogP contribution in [0, 0.1) is 29.5 Å². The molecule has 5 nitrogen and oxygen atoms in total. The Labute approximate surface area is 175 Å². The SMILES string of the molecule is CC(C)COC(=O)c1cc(Cl)c(OCCC2C3CCC4(OCCO4)C2C3)cc1F. The highest BCUT2D eigenvalue weighted by Gasteiger charge is 2.59. The van der Waals surface area contributed by atoms with Gasteiger partial charge >= 0.3 is 5.97 Å². The lowest BCUT2D eigenvalue weighted by atomic mass is 9.53. The number of esters is 1. The minimum absolute atomic E-state index is 0.172. The van der Waals surface area contributed by atoms with Crippen LogP contribution in [0.15, 0.2) is 12.1 Å². The number of rotatable bonds is 7. The molecule has 3 atom stereocenters. The minimum atomic E-state index is -0.714. The lowest BCUT2D eigenvalue weighted by Gasteiger charge is -2.57. The molecular weight excluding hydrogens is 399 g/mol. The largest absolute Gasteiger partial charge is 0.492 e. The summed E-state index contributed by atoms with van der Waals surface area (Å²) in [6.07, 6.45) is 4.09. The maximum atomic E-state index is 14.4. The molecule has 160 valence electrons. The molecule has 7 heteroatoms. The van der Waals surface area contributed by atoms with Crippen molar-refractivity contribution in [2.24, 2.45) is 23.7 Å². The maximum absolute atomic E-state index is 14.4. The lowest BCUT2D eigenvalue weighted by Crippen LogP contribution is -2.57. The molecule has 1 aromatic rings. The van der Waals surface area contributed by atoms with Gasteiger partial charge in [0, 0.05) is 18.4 Å². The van der Waals surface area contributed by atoms with Gasteiger partial charge in [-0.2, -0.15) is 0 Å². The molecule has 1 spiro atoms. The van der Waals surface area contributed by atoms with E-state index in [1.807, 2.05) is 13.8 Å². The second kappa shape index (κ2) is 8.40. The number of ether oxygens (including phenoxy) is 4. The molecular formula is C22H28ClFO5. The summed E-state index contributed by atoms with van der Waals surface area (Å²) in [6, 6.07) is 2.45. The summed E-state index contributed by atoms with van der Waals surface area (Å²) in [5, 5.41) is 0.204. The topological polar surface area (TPSA) is 54.0 Å². The summed E-state index contributed by atoms with van der Waals surface area (Å²) in [7, 11) is 0. The van der Waals surface area contributed by atoms with E-state index in [1.54, 1.807) is 0 Å². The standard InChI is InChI=1S/C22H28ClFO5/c1-13(2)12-27-21(25)16-10-18(23)20(11-19(16)24)26-6-4-15-14-3-5-22(17(15)9-14)28-7-8-29-22/h10-11,13-15,17H,3-9,12H2,1-2H3. The van der Waals surface area contributed by atoms with E-state index in [4.69, 9.17) is 30.5 Å². The molecule has 1 saturated heterocycles. The van der Waals surface area contributed by atoms with Crippen LogP contribution in [0.1, 0.15) is 49.9 Å². The number of halogens is 2. The van der Waals surface area contributed by atoms with Crippen molar-refractivity contribution in [3.8, 4) is 5.75 Å². The second-order valence-electron chi connectivity index (χ2n) is 8.71. The highest BCUT2D eigenvalue weighted by Crippen LogP contribution is 2.59. The lowest BCUT2D eigenvalue weighted by molar-refractivity contribution is -0.275. The third kappa shape index (κ3) is 4.12. The van der Waals surface area contributed by atoms with Crippen molar-refractivity contribution in [1.82, 2.24) is 0 Å². The van der Waals surface area contributed by atoms with Gasteiger partial charge in [0.15, 0.2) is 5.79 Å². The first-order valence-electron chi connectivity index (χ1n) is 10.5. The van der Waals surface area contributed by atoms with Crippen molar-refractivity contribution in [1.29, 1.82) is 0 Å². The van der Waals surface area contributed by atoms with Crippen LogP contribution < -0.4 is 4.74 Å². The van der Waals surface area contributed by atoms with Crippen LogP contribution in [0.4, 0.5) is 4.39 Å². The van der Waals surface area contributed by atoms with E-state index in [9.17, 15) is 9.18 Å². The van der Waals surface area contributed by atoms with Gasteiger partial charge in [-0.1, -0.05) is 25.4 Å². The van der Waals surface area contributed by atoms with E-state index >= 15 is 0 Å². The van der Waals surface area contributed by atoms with Gasteiger partial charge in [0.2, 0.25) is 0 Å². The molecule has 3 unspecified atom stereocenters. The van der Waals surface area contributed by atoms with Gasteiger partial charge in [0.1, 0.15) is 11.6 Å². The van der Waals surface area contributed by atoms with E-state index in [0.717, 1.165) is 25.7 Å². The summed E-state index contributed by atoms with van der Waals surface area (Å²) in [4.78, 5) is 12.0. The molecule has 3 aliphatic rings. The van der Waals surface area contributed by atoms with Crippen molar-refractivity contribution in [2.45, 2.75) is 45.3 Å². The van der Waals surface area contributed by atoms with Crippen LogP contribution in [0.25, 0.3) is 0 Å². The highest BCUT2D eigenvalue weighted by molar-refractivity contribution is 6.32. The third-order valence-electron chi connectivity index (χ3n) is 6.38. The Balaban J connectivity index is 1.33. The molecule has 0 N–H and O–H groups in total. The quantitative estimate of drug-likeness (QED) is 0.583. The summed E-state index contributed by atoms with van der Waals surface area (Å²) < 4.78 is 37.1. The Hall–Kier alpha value is -1.37. The molecule has 2 saturated carbocycles. The highest BCUT2D eigenvalue weighted by atomic mass is 35.5. The average Bonchev–Trinajstić information content (AvgIpc) is 3.12. The normalized spacial score (nSPS) is 27.1. The summed E-state index contributed by atoms with van der Waals surface area (Å²) >= 11 is 6.23. The Kier molecular flexibility index (Phi) is 6.05. The molecule has 29 heavy (non-hydrogen) atoms. The van der Waals surface area contributed by atoms with E-state index < -0.39 is 11.8 Å².